The molecule has 6 aromatic carbocycles. The van der Waals surface area contributed by atoms with Gasteiger partial charge in [0.15, 0.2) is 15.7 Å². The molecule has 6 saturated carbocycles. The summed E-state index contributed by atoms with van der Waals surface area (Å²) in [4.78, 5) is 80.6. The number of hydrogen-bond donors (Lipinski definition) is 5. The van der Waals surface area contributed by atoms with Crippen molar-refractivity contribution < 1.29 is 186 Å². The van der Waals surface area contributed by atoms with Crippen molar-refractivity contribution in [3.05, 3.63) is 177 Å². The van der Waals surface area contributed by atoms with E-state index in [0.717, 1.165) is 139 Å². The molecule has 0 bridgehead atoms. The minimum atomic E-state index is -1.85. The number of aliphatic carboxylic acids is 2. The van der Waals surface area contributed by atoms with Crippen LogP contribution in [0, 0.1) is 0 Å². The van der Waals surface area contributed by atoms with Crippen LogP contribution in [0.3, 0.4) is 0 Å². The molecule has 6 aliphatic carbocycles. The van der Waals surface area contributed by atoms with Gasteiger partial charge in [-0.1, -0.05) is 122 Å². The number of carbonyl (C=O) groups is 7. The number of halogens is 3. The molecule has 0 atom stereocenters. The summed E-state index contributed by atoms with van der Waals surface area (Å²) < 4.78 is 61.1. The van der Waals surface area contributed by atoms with E-state index in [1.54, 1.807) is 79.1 Å². The largest absolute Gasteiger partial charge is 1.00 e. The minimum Gasteiger partial charge on any atom is -1.00 e. The molecule has 0 saturated heterocycles. The molecule has 682 valence electrons. The van der Waals surface area contributed by atoms with E-state index in [9.17, 15) is 39.0 Å². The molecule has 124 heavy (non-hydrogen) atoms. The second-order valence-corrected chi connectivity index (χ2v) is 45.0. The third-order valence-electron chi connectivity index (χ3n) is 23.1. The van der Waals surface area contributed by atoms with E-state index < -0.39 is 54.7 Å². The molecule has 0 heterocycles. The first-order valence-corrected chi connectivity index (χ1v) is 47.2. The van der Waals surface area contributed by atoms with Gasteiger partial charge < -0.3 is 93.6 Å². The Kier molecular flexibility index (Phi) is 50.6. The van der Waals surface area contributed by atoms with Crippen molar-refractivity contribution in [2.24, 2.45) is 0 Å². The first kappa shape index (κ1) is 117. The average molecular weight is 1850 g/mol. The van der Waals surface area contributed by atoms with Crippen LogP contribution < -0.4 is 92.8 Å². The Labute approximate surface area is 795 Å². The quantitative estimate of drug-likeness (QED) is 0.00492. The Morgan fingerprint density at radius 1 is 0.419 bits per heavy atom. The summed E-state index contributed by atoms with van der Waals surface area (Å²) in [5.41, 5.74) is 5.65. The zero-order valence-electron chi connectivity index (χ0n) is 77.1. The van der Waals surface area contributed by atoms with Gasteiger partial charge in [-0.15, -0.1) is 11.6 Å². The van der Waals surface area contributed by atoms with Crippen molar-refractivity contribution in [3.8, 4) is 34.5 Å². The van der Waals surface area contributed by atoms with Crippen LogP contribution in [0.4, 0.5) is 0 Å². The number of carboxylic acid groups (broad SMARTS) is 2. The molecule has 0 unspecified atom stereocenters. The third-order valence-corrected chi connectivity index (χ3v) is 33.3. The molecule has 33 heteroatoms. The summed E-state index contributed by atoms with van der Waals surface area (Å²) in [6.45, 7) is 22.2. The number of methoxy groups -OCH3 is 11. The number of hydrogen-bond acceptors (Lipinski definition) is 24. The standard InChI is InChI=1S/C19H30O4Si.C13H15ClO3.C13H16O4.C12H14O4.C12H14O3.C11H12O3.C6H15ClSi.C2H5ClO.CH2O3.CH4O.CH4.2Na.H/c1-18(2,3)24(6,7)23-13-14-12-15(8-9-16(14)21-4)19(10-11-19)17(20)22-5;2*1-16-11-4-3-10(7-9(11)8-14)13(5-6-13)12(15)17-2;1-16-10-3-2-9(6-8(10)7-13)12(4-5-12)11(14)15;1-14-10-5-3-9(4-6-10)12(7-8-12)11(13)15-2;1-14-9-4-2-8(3-5-9)11(6-7-11)10(12)13;1-6(2,3)8(4,5)7;1-4-2-3;2-1-4-3;1-2;;;;/h8-9,12H,10-11,13H2,1-7H3;3-4,7H,5-6,8H2,1-2H3;3-4,7,14H,5-6,8H2,1-2H3;2-3,6,13H,4-5,7H2,1H3,(H,14,15);3-6H,7-8H2,1-2H3;2-5H,6-7H2,1H3,(H,12,13);1-5H3;2H2,1H3;1,3H;2H,1H3;1H4;;;/q;;;;;;;;;;;2*+1;-1/p-1. The van der Waals surface area contributed by atoms with Gasteiger partial charge in [0.1, 0.15) is 40.6 Å². The summed E-state index contributed by atoms with van der Waals surface area (Å²) in [5.74, 6) is 2.56. The van der Waals surface area contributed by atoms with Gasteiger partial charge in [0.25, 0.3) is 6.47 Å². The molecular weight excluding hydrogens is 1720 g/mol. The van der Waals surface area contributed by atoms with Crippen molar-refractivity contribution in [2.75, 3.05) is 91.4 Å². The molecule has 0 aliphatic heterocycles. The molecule has 26 nitrogen and oxygen atoms in total. The van der Waals surface area contributed by atoms with Crippen LogP contribution in [0.1, 0.15) is 183 Å². The van der Waals surface area contributed by atoms with Gasteiger partial charge in [0.05, 0.1) is 129 Å². The zero-order valence-corrected chi connectivity index (χ0v) is 84.4. The van der Waals surface area contributed by atoms with Crippen LogP contribution in [0.2, 0.25) is 36.3 Å². The van der Waals surface area contributed by atoms with Gasteiger partial charge in [-0.05, 0) is 206 Å². The van der Waals surface area contributed by atoms with Gasteiger partial charge in [-0.3, -0.25) is 33.6 Å². The number of carboxylic acids is 2. The molecular formula is C91H131Cl3Na2O26Si2. The number of alkyl halides is 2. The normalized spacial score (nSPS) is 15.3. The van der Waals surface area contributed by atoms with Gasteiger partial charge >= 0.3 is 94.9 Å². The van der Waals surface area contributed by atoms with Crippen LogP contribution in [-0.2, 0) is 125 Å². The fraction of sp³-hybridized carbons (Fsp3) is 0.527. The molecule has 6 aliphatic rings. The first-order chi connectivity index (χ1) is 57.0. The maximum absolute atomic E-state index is 12.1. The Bertz CT molecular complexity index is 4210. The first-order valence-electron chi connectivity index (χ1n) is 39.2. The fourth-order valence-electron chi connectivity index (χ4n) is 12.3. The molecule has 12 rings (SSSR count). The zero-order chi connectivity index (χ0) is 91.8. The maximum Gasteiger partial charge on any atom is 1.00 e. The van der Waals surface area contributed by atoms with Crippen LogP contribution in [-0.4, -0.2) is 175 Å². The Morgan fingerprint density at radius 2 is 0.645 bits per heavy atom. The summed E-state index contributed by atoms with van der Waals surface area (Å²) in [5, 5.41) is 52.6. The monoisotopic (exact) mass is 1850 g/mol. The van der Waals surface area contributed by atoms with Crippen molar-refractivity contribution >= 4 is 92.3 Å². The van der Waals surface area contributed by atoms with Crippen LogP contribution >= 0.6 is 34.3 Å². The predicted molar refractivity (Wildman–Crippen MR) is 474 cm³/mol. The second-order valence-electron chi connectivity index (χ2n) is 32.4. The van der Waals surface area contributed by atoms with E-state index in [1.165, 1.54) is 35.5 Å². The van der Waals surface area contributed by atoms with E-state index in [4.69, 9.17) is 111 Å². The van der Waals surface area contributed by atoms with Crippen LogP contribution in [0.5, 0.6) is 34.5 Å². The van der Waals surface area contributed by atoms with Gasteiger partial charge in [-0.25, -0.2) is 0 Å². The van der Waals surface area contributed by atoms with E-state index in [0.29, 0.717) is 59.1 Å². The molecule has 6 aromatic rings. The van der Waals surface area contributed by atoms with Crippen LogP contribution in [0.15, 0.2) is 121 Å². The maximum atomic E-state index is 12.1. The Hall–Kier alpha value is -6.53. The molecule has 0 spiro atoms. The SMILES string of the molecule is C.CC(C)(C)[Si](C)(C)Cl.CO.COC(=O)C1(c2ccc(OC)c(CCl)c2)CC1.COC(=O)C1(c2ccc(OC)c(CO)c2)CC1.COC(=O)C1(c2ccc(OC)c(CO[Si](C)(C)C(C)(C)C)c2)CC1.COC(=O)C1(c2ccc(OC)cc2)CC1.COCCl.COc1ccc(C2(C(=O)O)CC2)cc1.COc1ccc(C2(C(=O)O)CC2)cc1CO.O=CO[O-].[H-].[Na+].[Na+]. The van der Waals surface area contributed by atoms with Gasteiger partial charge in [-0.2, -0.15) is 11.1 Å². The summed E-state index contributed by atoms with van der Waals surface area (Å²) >= 11 is 17.0. The number of aliphatic hydroxyl groups excluding tert-OH is 3. The fourth-order valence-corrected chi connectivity index (χ4v) is 13.4. The van der Waals surface area contributed by atoms with E-state index in [-0.39, 0.29) is 122 Å². The number of benzene rings is 6. The van der Waals surface area contributed by atoms with Crippen molar-refractivity contribution in [1.29, 1.82) is 0 Å². The molecule has 0 aromatic heterocycles. The Balaban J connectivity index is 0. The van der Waals surface area contributed by atoms with Crippen LogP contribution in [0.25, 0.3) is 0 Å². The van der Waals surface area contributed by atoms with Crippen molar-refractivity contribution in [2.45, 2.75) is 220 Å². The number of esters is 4. The van der Waals surface area contributed by atoms with Gasteiger partial charge in [0.2, 0.25) is 0 Å². The summed E-state index contributed by atoms with van der Waals surface area (Å²) in [6, 6.07) is 37.5. The minimum absolute atomic E-state index is 0. The van der Waals surface area contributed by atoms with Crippen molar-refractivity contribution in [3.63, 3.8) is 0 Å². The molecule has 6 fully saturated rings. The van der Waals surface area contributed by atoms with E-state index in [1.807, 2.05) is 78.9 Å². The topological polar surface area (TPSA) is 364 Å². The third kappa shape index (κ3) is 31.4. The second kappa shape index (κ2) is 53.4. The summed E-state index contributed by atoms with van der Waals surface area (Å²) in [6.07, 6.45) is 9.55. The number of ether oxygens (including phenoxy) is 11. The molecule has 0 radical (unpaired) electrons. The van der Waals surface area contributed by atoms with Crippen molar-refractivity contribution in [1.82, 2.24) is 0 Å². The van der Waals surface area contributed by atoms with E-state index >= 15 is 0 Å². The number of rotatable bonds is 26. The van der Waals surface area contributed by atoms with E-state index in [2.05, 4.69) is 83.4 Å². The average Bonchev–Trinajstić information content (AvgIpc) is 1.59. The number of carbonyl (C=O) groups excluding carboxylic acids is 5. The number of aliphatic hydroxyl groups is 3. The smallest absolute Gasteiger partial charge is 1.00 e. The Morgan fingerprint density at radius 3 is 0.855 bits per heavy atom. The molecule has 0 amide bonds. The van der Waals surface area contributed by atoms with Gasteiger partial charge in [0, 0.05) is 36.5 Å². The summed E-state index contributed by atoms with van der Waals surface area (Å²) in [7, 11) is 14.6. The predicted octanol–water partition coefficient (Wildman–Crippen LogP) is 10.3. The molecule has 5 N–H and O–H groups in total.